The van der Waals surface area contributed by atoms with Gasteiger partial charge in [-0.1, -0.05) is 12.1 Å². The fourth-order valence-corrected chi connectivity index (χ4v) is 3.02. The van der Waals surface area contributed by atoms with Gasteiger partial charge in [-0.25, -0.2) is 0 Å². The van der Waals surface area contributed by atoms with Crippen LogP contribution in [0, 0.1) is 0 Å². The van der Waals surface area contributed by atoms with Gasteiger partial charge in [0.25, 0.3) is 0 Å². The molecular formula is C17H19F3N6O2. The van der Waals surface area contributed by atoms with Gasteiger partial charge in [0, 0.05) is 25.1 Å². The Hall–Kier alpha value is -2.95. The standard InChI is InChI=1S/C17H19F3N6O2/c18-17(19,20)11-3-1-10(2-4-11)15-24-23-14-9-25(7-8-26(14)15)16(28)12(21)5-6-13(22)27/h1-4,12H,5-9,21H2,(H2,22,27)/t12-/m0/s1. The molecule has 0 aliphatic carbocycles. The molecule has 0 bridgehead atoms. The number of nitrogens with two attached hydrogens (primary N) is 2. The van der Waals surface area contributed by atoms with E-state index in [-0.39, 0.29) is 25.3 Å². The zero-order chi connectivity index (χ0) is 20.5. The quantitative estimate of drug-likeness (QED) is 0.778. The summed E-state index contributed by atoms with van der Waals surface area (Å²) in [6.45, 7) is 0.908. The molecule has 2 aromatic rings. The predicted octanol–water partition coefficient (Wildman–Crippen LogP) is 0.899. The van der Waals surface area contributed by atoms with E-state index in [4.69, 9.17) is 11.5 Å². The minimum absolute atomic E-state index is 0.0228. The Morgan fingerprint density at radius 3 is 2.43 bits per heavy atom. The molecule has 1 aromatic carbocycles. The lowest BCUT2D eigenvalue weighted by Gasteiger charge is -2.29. The molecule has 1 aliphatic heterocycles. The number of aromatic nitrogens is 3. The maximum Gasteiger partial charge on any atom is 0.416 e. The fraction of sp³-hybridized carbons (Fsp3) is 0.412. The van der Waals surface area contributed by atoms with Gasteiger partial charge < -0.3 is 20.9 Å². The summed E-state index contributed by atoms with van der Waals surface area (Å²) in [6.07, 6.45) is -4.22. The third-order valence-corrected chi connectivity index (χ3v) is 4.55. The number of fused-ring (bicyclic) bond motifs is 1. The predicted molar refractivity (Wildman–Crippen MR) is 92.3 cm³/mol. The Bertz CT molecular complexity index is 878. The highest BCUT2D eigenvalue weighted by Crippen LogP contribution is 2.31. The van der Waals surface area contributed by atoms with Crippen molar-refractivity contribution in [2.24, 2.45) is 11.5 Å². The van der Waals surface area contributed by atoms with E-state index in [1.807, 2.05) is 0 Å². The van der Waals surface area contributed by atoms with Crippen LogP contribution < -0.4 is 11.5 Å². The summed E-state index contributed by atoms with van der Waals surface area (Å²) in [4.78, 5) is 24.8. The highest BCUT2D eigenvalue weighted by atomic mass is 19.4. The number of amides is 2. The number of carbonyl (C=O) groups is 2. The SMILES string of the molecule is NC(=O)CC[C@H](N)C(=O)N1CCn2c(nnc2-c2ccc(C(F)(F)F)cc2)C1. The molecule has 0 saturated heterocycles. The maximum absolute atomic E-state index is 12.7. The summed E-state index contributed by atoms with van der Waals surface area (Å²) in [5.74, 6) is 0.111. The van der Waals surface area contributed by atoms with Crippen LogP contribution in [-0.2, 0) is 28.9 Å². The molecule has 0 unspecified atom stereocenters. The zero-order valence-corrected chi connectivity index (χ0v) is 14.8. The van der Waals surface area contributed by atoms with Gasteiger partial charge in [0.05, 0.1) is 18.2 Å². The van der Waals surface area contributed by atoms with E-state index in [1.54, 1.807) is 4.57 Å². The Kier molecular flexibility index (Phi) is 5.36. The summed E-state index contributed by atoms with van der Waals surface area (Å²) in [5, 5.41) is 8.11. The van der Waals surface area contributed by atoms with Crippen molar-refractivity contribution >= 4 is 11.8 Å². The first-order valence-electron chi connectivity index (χ1n) is 8.59. The van der Waals surface area contributed by atoms with Gasteiger partial charge in [0.2, 0.25) is 11.8 Å². The molecule has 1 aliphatic rings. The lowest BCUT2D eigenvalue weighted by molar-refractivity contribution is -0.137. The molecule has 8 nitrogen and oxygen atoms in total. The van der Waals surface area contributed by atoms with Crippen LogP contribution in [0.4, 0.5) is 13.2 Å². The van der Waals surface area contributed by atoms with Crippen molar-refractivity contribution in [1.82, 2.24) is 19.7 Å². The smallest absolute Gasteiger partial charge is 0.370 e. The number of benzene rings is 1. The van der Waals surface area contributed by atoms with Crippen molar-refractivity contribution in [1.29, 1.82) is 0 Å². The van der Waals surface area contributed by atoms with Crippen molar-refractivity contribution in [2.45, 2.75) is 38.1 Å². The average Bonchev–Trinajstić information content (AvgIpc) is 3.08. The van der Waals surface area contributed by atoms with Crippen molar-refractivity contribution in [2.75, 3.05) is 6.54 Å². The van der Waals surface area contributed by atoms with Gasteiger partial charge in [0.15, 0.2) is 11.6 Å². The monoisotopic (exact) mass is 396 g/mol. The van der Waals surface area contributed by atoms with E-state index in [0.29, 0.717) is 30.3 Å². The fourth-order valence-electron chi connectivity index (χ4n) is 3.02. The molecule has 3 rings (SSSR count). The van der Waals surface area contributed by atoms with Gasteiger partial charge in [-0.2, -0.15) is 13.2 Å². The summed E-state index contributed by atoms with van der Waals surface area (Å²) < 4.78 is 39.9. The van der Waals surface area contributed by atoms with Crippen LogP contribution >= 0.6 is 0 Å². The number of halogens is 3. The first-order valence-corrected chi connectivity index (χ1v) is 8.59. The molecular weight excluding hydrogens is 377 g/mol. The van der Waals surface area contributed by atoms with Crippen molar-refractivity contribution in [3.8, 4) is 11.4 Å². The molecule has 0 radical (unpaired) electrons. The molecule has 2 amide bonds. The summed E-state index contributed by atoms with van der Waals surface area (Å²) in [5.41, 5.74) is 10.7. The first-order chi connectivity index (χ1) is 13.2. The van der Waals surface area contributed by atoms with E-state index in [2.05, 4.69) is 10.2 Å². The Morgan fingerprint density at radius 1 is 1.14 bits per heavy atom. The summed E-state index contributed by atoms with van der Waals surface area (Å²) in [7, 11) is 0. The molecule has 28 heavy (non-hydrogen) atoms. The van der Waals surface area contributed by atoms with Crippen molar-refractivity contribution in [3.05, 3.63) is 35.7 Å². The average molecular weight is 396 g/mol. The third kappa shape index (κ3) is 4.14. The van der Waals surface area contributed by atoms with Crippen LogP contribution in [-0.4, -0.2) is 44.1 Å². The minimum Gasteiger partial charge on any atom is -0.370 e. The Balaban J connectivity index is 1.72. The largest absolute Gasteiger partial charge is 0.416 e. The van der Waals surface area contributed by atoms with E-state index < -0.39 is 23.7 Å². The summed E-state index contributed by atoms with van der Waals surface area (Å²) >= 11 is 0. The normalized spacial score (nSPS) is 15.2. The highest BCUT2D eigenvalue weighted by molar-refractivity contribution is 5.82. The van der Waals surface area contributed by atoms with Gasteiger partial charge in [-0.3, -0.25) is 9.59 Å². The van der Waals surface area contributed by atoms with Crippen LogP contribution in [0.15, 0.2) is 24.3 Å². The second kappa shape index (κ2) is 7.58. The maximum atomic E-state index is 12.7. The molecule has 4 N–H and O–H groups in total. The summed E-state index contributed by atoms with van der Waals surface area (Å²) in [6, 6.07) is 3.84. The van der Waals surface area contributed by atoms with E-state index in [9.17, 15) is 22.8 Å². The number of primary amides is 1. The van der Waals surface area contributed by atoms with E-state index >= 15 is 0 Å². The molecule has 0 spiro atoms. The molecule has 1 atom stereocenters. The van der Waals surface area contributed by atoms with Crippen LogP contribution in [0.2, 0.25) is 0 Å². The van der Waals surface area contributed by atoms with Crippen molar-refractivity contribution in [3.63, 3.8) is 0 Å². The second-order valence-electron chi connectivity index (χ2n) is 6.54. The van der Waals surface area contributed by atoms with Crippen LogP contribution in [0.1, 0.15) is 24.2 Å². The molecule has 0 saturated carbocycles. The lowest BCUT2D eigenvalue weighted by Crippen LogP contribution is -2.47. The molecule has 1 aromatic heterocycles. The lowest BCUT2D eigenvalue weighted by atomic mass is 10.1. The first kappa shape index (κ1) is 19.8. The molecule has 150 valence electrons. The number of nitrogens with zero attached hydrogens (tertiary/aromatic N) is 4. The number of rotatable bonds is 5. The Morgan fingerprint density at radius 2 is 1.82 bits per heavy atom. The van der Waals surface area contributed by atoms with Crippen LogP contribution in [0.25, 0.3) is 11.4 Å². The number of hydrogen-bond donors (Lipinski definition) is 2. The Labute approximate surface area is 158 Å². The van der Waals surface area contributed by atoms with Crippen LogP contribution in [0.3, 0.4) is 0 Å². The second-order valence-corrected chi connectivity index (χ2v) is 6.54. The van der Waals surface area contributed by atoms with Gasteiger partial charge >= 0.3 is 6.18 Å². The number of carbonyl (C=O) groups excluding carboxylic acids is 2. The van der Waals surface area contributed by atoms with Crippen molar-refractivity contribution < 1.29 is 22.8 Å². The number of alkyl halides is 3. The highest BCUT2D eigenvalue weighted by Gasteiger charge is 2.31. The third-order valence-electron chi connectivity index (χ3n) is 4.55. The minimum atomic E-state index is -4.41. The zero-order valence-electron chi connectivity index (χ0n) is 14.8. The topological polar surface area (TPSA) is 120 Å². The van der Waals surface area contributed by atoms with E-state index in [1.165, 1.54) is 17.0 Å². The van der Waals surface area contributed by atoms with E-state index in [0.717, 1.165) is 12.1 Å². The number of hydrogen-bond acceptors (Lipinski definition) is 5. The molecule has 2 heterocycles. The van der Waals surface area contributed by atoms with Gasteiger partial charge in [0.1, 0.15) is 0 Å². The van der Waals surface area contributed by atoms with Crippen LogP contribution in [0.5, 0.6) is 0 Å². The van der Waals surface area contributed by atoms with Gasteiger partial charge in [-0.05, 0) is 18.6 Å². The van der Waals surface area contributed by atoms with Gasteiger partial charge in [-0.15, -0.1) is 10.2 Å². The molecule has 0 fully saturated rings. The molecule has 11 heteroatoms.